The summed E-state index contributed by atoms with van der Waals surface area (Å²) in [4.78, 5) is 26.0. The van der Waals surface area contributed by atoms with E-state index in [1.165, 1.54) is 29.2 Å². The maximum atomic E-state index is 13.0. The molecule has 3 rings (SSSR count). The zero-order valence-corrected chi connectivity index (χ0v) is 15.0. The summed E-state index contributed by atoms with van der Waals surface area (Å²) in [5, 5.41) is 2.79. The Hall–Kier alpha value is -3.09. The van der Waals surface area contributed by atoms with Gasteiger partial charge in [0, 0.05) is 18.7 Å². The third kappa shape index (κ3) is 4.75. The molecule has 0 bridgehead atoms. The second-order valence-corrected chi connectivity index (χ2v) is 6.20. The summed E-state index contributed by atoms with van der Waals surface area (Å²) < 4.78 is 23.7. The number of rotatable bonds is 7. The average Bonchev–Trinajstić information content (AvgIpc) is 3.08. The molecule has 0 saturated carbocycles. The molecule has 1 saturated heterocycles. The van der Waals surface area contributed by atoms with Crippen molar-refractivity contribution < 1.29 is 23.5 Å². The smallest absolute Gasteiger partial charge is 0.227 e. The van der Waals surface area contributed by atoms with Crippen LogP contribution in [-0.2, 0) is 9.59 Å². The van der Waals surface area contributed by atoms with Gasteiger partial charge in [0.25, 0.3) is 0 Å². The van der Waals surface area contributed by atoms with Gasteiger partial charge >= 0.3 is 0 Å². The predicted molar refractivity (Wildman–Crippen MR) is 98.4 cm³/mol. The first-order valence-corrected chi connectivity index (χ1v) is 8.67. The first-order chi connectivity index (χ1) is 13.1. The van der Waals surface area contributed by atoms with E-state index in [-0.39, 0.29) is 30.6 Å². The Bertz CT molecular complexity index is 793. The Labute approximate surface area is 156 Å². The number of nitrogens with zero attached hydrogens (tertiary/aromatic N) is 1. The first kappa shape index (κ1) is 18.7. The van der Waals surface area contributed by atoms with Gasteiger partial charge in [0.1, 0.15) is 23.9 Å². The van der Waals surface area contributed by atoms with Gasteiger partial charge in [-0.2, -0.15) is 0 Å². The van der Waals surface area contributed by atoms with Crippen molar-refractivity contribution in [2.45, 2.75) is 6.42 Å². The van der Waals surface area contributed by atoms with Crippen LogP contribution < -0.4 is 19.7 Å². The molecular formula is C20H21FN2O4. The Balaban J connectivity index is 1.44. The third-order valence-electron chi connectivity index (χ3n) is 4.36. The molecule has 0 aliphatic carbocycles. The van der Waals surface area contributed by atoms with Gasteiger partial charge in [-0.1, -0.05) is 0 Å². The van der Waals surface area contributed by atoms with Gasteiger partial charge in [-0.15, -0.1) is 0 Å². The Kier molecular flexibility index (Phi) is 5.90. The maximum absolute atomic E-state index is 13.0. The lowest BCUT2D eigenvalue weighted by Crippen LogP contribution is -2.35. The lowest BCUT2D eigenvalue weighted by atomic mass is 10.1. The number of halogens is 1. The second kappa shape index (κ2) is 8.53. The molecule has 1 N–H and O–H groups in total. The number of carbonyl (C=O) groups excluding carboxylic acids is 2. The van der Waals surface area contributed by atoms with Crippen molar-refractivity contribution >= 4 is 17.5 Å². The van der Waals surface area contributed by atoms with Crippen LogP contribution in [-0.4, -0.2) is 38.6 Å². The number of nitrogens with one attached hydrogen (secondary N) is 1. The van der Waals surface area contributed by atoms with E-state index in [0.29, 0.717) is 24.6 Å². The van der Waals surface area contributed by atoms with Crippen LogP contribution in [0, 0.1) is 11.7 Å². The van der Waals surface area contributed by atoms with Crippen molar-refractivity contribution in [2.24, 2.45) is 5.92 Å². The van der Waals surface area contributed by atoms with Crippen LogP contribution in [0.1, 0.15) is 6.42 Å². The molecule has 27 heavy (non-hydrogen) atoms. The molecule has 1 unspecified atom stereocenters. The Morgan fingerprint density at radius 1 is 1.15 bits per heavy atom. The molecule has 1 aliphatic heterocycles. The monoisotopic (exact) mass is 372 g/mol. The SMILES string of the molecule is COc1ccc(OCCNC(=O)C2CC(=O)N(c3ccc(F)cc3)C2)cc1. The van der Waals surface area contributed by atoms with Crippen LogP contribution in [0.5, 0.6) is 11.5 Å². The summed E-state index contributed by atoms with van der Waals surface area (Å²) in [6.07, 6.45) is 0.141. The van der Waals surface area contributed by atoms with E-state index in [2.05, 4.69) is 5.32 Å². The number of methoxy groups -OCH3 is 1. The minimum Gasteiger partial charge on any atom is -0.497 e. The van der Waals surface area contributed by atoms with Crippen LogP contribution in [0.2, 0.25) is 0 Å². The fourth-order valence-electron chi connectivity index (χ4n) is 2.91. The molecule has 2 amide bonds. The zero-order valence-electron chi connectivity index (χ0n) is 15.0. The molecule has 7 heteroatoms. The van der Waals surface area contributed by atoms with E-state index in [0.717, 1.165) is 5.75 Å². The van der Waals surface area contributed by atoms with E-state index in [9.17, 15) is 14.0 Å². The molecule has 142 valence electrons. The van der Waals surface area contributed by atoms with Gasteiger partial charge in [-0.25, -0.2) is 4.39 Å². The van der Waals surface area contributed by atoms with Gasteiger partial charge in [-0.05, 0) is 48.5 Å². The van der Waals surface area contributed by atoms with Crippen LogP contribution in [0.3, 0.4) is 0 Å². The minimum absolute atomic E-state index is 0.141. The molecule has 1 aliphatic rings. The number of hydrogen-bond donors (Lipinski definition) is 1. The highest BCUT2D eigenvalue weighted by Crippen LogP contribution is 2.25. The molecule has 1 heterocycles. The number of benzene rings is 2. The molecule has 2 aromatic carbocycles. The molecule has 0 radical (unpaired) electrons. The predicted octanol–water partition coefficient (Wildman–Crippen LogP) is 2.38. The number of anilines is 1. The van der Waals surface area contributed by atoms with Gasteiger partial charge in [0.2, 0.25) is 11.8 Å². The van der Waals surface area contributed by atoms with Crippen LogP contribution in [0.4, 0.5) is 10.1 Å². The number of ether oxygens (including phenoxy) is 2. The van der Waals surface area contributed by atoms with Gasteiger partial charge in [0.05, 0.1) is 19.6 Å². The molecule has 0 spiro atoms. The average molecular weight is 372 g/mol. The number of amides is 2. The summed E-state index contributed by atoms with van der Waals surface area (Å²) in [5.74, 6) is 0.304. The van der Waals surface area contributed by atoms with Crippen LogP contribution >= 0.6 is 0 Å². The Morgan fingerprint density at radius 2 is 1.81 bits per heavy atom. The fourth-order valence-corrected chi connectivity index (χ4v) is 2.91. The third-order valence-corrected chi connectivity index (χ3v) is 4.36. The summed E-state index contributed by atoms with van der Waals surface area (Å²) in [6, 6.07) is 12.8. The van der Waals surface area contributed by atoms with E-state index < -0.39 is 5.92 Å². The minimum atomic E-state index is -0.427. The zero-order chi connectivity index (χ0) is 19.2. The largest absolute Gasteiger partial charge is 0.497 e. The van der Waals surface area contributed by atoms with Crippen molar-refractivity contribution in [3.05, 3.63) is 54.3 Å². The van der Waals surface area contributed by atoms with Gasteiger partial charge in [0.15, 0.2) is 0 Å². The number of hydrogen-bond acceptors (Lipinski definition) is 4. The lowest BCUT2D eigenvalue weighted by molar-refractivity contribution is -0.126. The highest BCUT2D eigenvalue weighted by Gasteiger charge is 2.34. The molecule has 6 nitrogen and oxygen atoms in total. The highest BCUT2D eigenvalue weighted by molar-refractivity contribution is 6.00. The first-order valence-electron chi connectivity index (χ1n) is 8.67. The topological polar surface area (TPSA) is 67.9 Å². The second-order valence-electron chi connectivity index (χ2n) is 6.20. The van der Waals surface area contributed by atoms with Crippen LogP contribution in [0.25, 0.3) is 0 Å². The van der Waals surface area contributed by atoms with Crippen molar-refractivity contribution in [3.63, 3.8) is 0 Å². The molecule has 1 fully saturated rings. The van der Waals surface area contributed by atoms with Crippen molar-refractivity contribution in [2.75, 3.05) is 31.7 Å². The van der Waals surface area contributed by atoms with E-state index in [4.69, 9.17) is 9.47 Å². The van der Waals surface area contributed by atoms with Gasteiger partial charge in [-0.3, -0.25) is 9.59 Å². The van der Waals surface area contributed by atoms with E-state index >= 15 is 0 Å². The molecule has 1 atom stereocenters. The van der Waals surface area contributed by atoms with Crippen molar-refractivity contribution in [3.8, 4) is 11.5 Å². The highest BCUT2D eigenvalue weighted by atomic mass is 19.1. The summed E-state index contributed by atoms with van der Waals surface area (Å²) in [5.41, 5.74) is 0.597. The van der Waals surface area contributed by atoms with Crippen molar-refractivity contribution in [1.82, 2.24) is 5.32 Å². The number of carbonyl (C=O) groups is 2. The summed E-state index contributed by atoms with van der Waals surface area (Å²) in [6.45, 7) is 0.947. The van der Waals surface area contributed by atoms with Crippen molar-refractivity contribution in [1.29, 1.82) is 0 Å². The van der Waals surface area contributed by atoms with E-state index in [1.54, 1.807) is 31.4 Å². The Morgan fingerprint density at radius 3 is 2.48 bits per heavy atom. The lowest BCUT2D eigenvalue weighted by Gasteiger charge is -2.16. The molecular weight excluding hydrogens is 351 g/mol. The molecule has 0 aromatic heterocycles. The summed E-state index contributed by atoms with van der Waals surface area (Å²) in [7, 11) is 1.59. The standard InChI is InChI=1S/C20H21FN2O4/c1-26-17-6-8-18(9-7-17)27-11-10-22-20(25)14-12-19(24)23(13-14)16-4-2-15(21)3-5-16/h2-9,14H,10-13H2,1H3,(H,22,25). The normalized spacial score (nSPS) is 16.3. The van der Waals surface area contributed by atoms with Crippen LogP contribution in [0.15, 0.2) is 48.5 Å². The van der Waals surface area contributed by atoms with Gasteiger partial charge < -0.3 is 19.7 Å². The maximum Gasteiger partial charge on any atom is 0.227 e. The fraction of sp³-hybridized carbons (Fsp3) is 0.300. The summed E-state index contributed by atoms with van der Waals surface area (Å²) >= 11 is 0. The quantitative estimate of drug-likeness (QED) is 0.758. The van der Waals surface area contributed by atoms with E-state index in [1.807, 2.05) is 0 Å². The molecule has 2 aromatic rings.